The molecule has 0 aliphatic carbocycles. The van der Waals surface area contributed by atoms with E-state index in [1.807, 2.05) is 12.1 Å². The topological polar surface area (TPSA) is 32.3 Å². The molecule has 0 aliphatic heterocycles. The van der Waals surface area contributed by atoms with Gasteiger partial charge in [-0.2, -0.15) is 0 Å². The lowest BCUT2D eigenvalue weighted by Gasteiger charge is -2.18. The summed E-state index contributed by atoms with van der Waals surface area (Å²) in [6.45, 7) is 4.39. The zero-order chi connectivity index (χ0) is 18.9. The van der Waals surface area contributed by atoms with Gasteiger partial charge in [-0.25, -0.2) is 0 Å². The molecule has 28 heavy (non-hydrogen) atoms. The van der Waals surface area contributed by atoms with Crippen molar-refractivity contribution in [2.45, 2.75) is 25.7 Å². The lowest BCUT2D eigenvalue weighted by atomic mass is 9.88. The molecule has 4 heteroatoms. The molecule has 0 amide bonds. The Morgan fingerprint density at radius 2 is 1.46 bits per heavy atom. The Labute approximate surface area is 178 Å². The third kappa shape index (κ3) is 6.23. The van der Waals surface area contributed by atoms with E-state index in [4.69, 9.17) is 5.11 Å². The molecule has 2 N–H and O–H groups in total. The van der Waals surface area contributed by atoms with E-state index < -0.39 is 0 Å². The van der Waals surface area contributed by atoms with Crippen molar-refractivity contribution >= 4 is 33.1 Å². The second kappa shape index (κ2) is 11.7. The summed E-state index contributed by atoms with van der Waals surface area (Å²) in [5.41, 5.74) is 2.82. The maximum absolute atomic E-state index is 8.95. The third-order valence-corrected chi connectivity index (χ3v) is 5.65. The van der Waals surface area contributed by atoms with Crippen molar-refractivity contribution in [3.05, 3.63) is 90.0 Å². The Hall–Kier alpha value is -2.07. The highest BCUT2D eigenvalue weighted by Gasteiger charge is 2.12. The largest absolute Gasteiger partial charge is 0.506 e. The lowest BCUT2D eigenvalue weighted by molar-refractivity contribution is 0.483. The van der Waals surface area contributed by atoms with Crippen molar-refractivity contribution < 1.29 is 5.11 Å². The van der Waals surface area contributed by atoms with Gasteiger partial charge in [0.15, 0.2) is 0 Å². The minimum atomic E-state index is 0. The summed E-state index contributed by atoms with van der Waals surface area (Å²) in [5.74, 6) is 0.916. The minimum Gasteiger partial charge on any atom is -0.506 e. The summed E-state index contributed by atoms with van der Waals surface area (Å²) in [6.07, 6.45) is 2.34. The van der Waals surface area contributed by atoms with Crippen LogP contribution in [0.3, 0.4) is 0 Å². The van der Waals surface area contributed by atoms with Crippen LogP contribution in [-0.4, -0.2) is 18.2 Å². The van der Waals surface area contributed by atoms with Crippen molar-refractivity contribution in [1.82, 2.24) is 5.32 Å². The average Bonchev–Trinajstić information content (AvgIpc) is 3.32. The molecule has 2 nitrogen and oxygen atoms in total. The van der Waals surface area contributed by atoms with Crippen molar-refractivity contribution in [2.24, 2.45) is 0 Å². The molecule has 0 unspecified atom stereocenters. The van der Waals surface area contributed by atoms with Gasteiger partial charge in [-0.3, -0.25) is 0 Å². The number of benzene rings is 3. The van der Waals surface area contributed by atoms with Crippen molar-refractivity contribution in [1.29, 1.82) is 0 Å². The number of thiophene rings is 2. The molecule has 2 aromatic heterocycles. The molecule has 0 fully saturated rings. The van der Waals surface area contributed by atoms with Crippen LogP contribution in [0.1, 0.15) is 36.8 Å². The standard InChI is InChI=1S/C18H23N.C6H4OS.ClH/c1-2-14-19-15-13-18(16-9-5-3-6-10-16)17-11-7-4-8-12-17;7-5-3-4-1-2-6(5)8-4;/h3-12,18-19H,2,13-15H2,1H3;1-3,7H;1H. The number of aromatic hydroxyl groups is 1. The van der Waals surface area contributed by atoms with Crippen LogP contribution in [-0.2, 0) is 0 Å². The second-order valence-corrected chi connectivity index (χ2v) is 7.76. The maximum Gasteiger partial charge on any atom is 0.134 e. The molecule has 4 rings (SSSR count). The highest BCUT2D eigenvalue weighted by atomic mass is 35.5. The Bertz CT molecular complexity index is 855. The van der Waals surface area contributed by atoms with E-state index >= 15 is 0 Å². The summed E-state index contributed by atoms with van der Waals surface area (Å²) >= 11 is 1.62. The van der Waals surface area contributed by atoms with Gasteiger partial charge in [0.2, 0.25) is 0 Å². The molecule has 0 saturated heterocycles. The first kappa shape index (κ1) is 22.2. The first-order valence-corrected chi connectivity index (χ1v) is 10.4. The number of halogens is 1. The molecule has 2 bridgehead atoms. The van der Waals surface area contributed by atoms with E-state index in [2.05, 4.69) is 72.9 Å². The second-order valence-electron chi connectivity index (χ2n) is 6.64. The summed E-state index contributed by atoms with van der Waals surface area (Å²) in [5, 5.41) is 12.5. The van der Waals surface area contributed by atoms with E-state index in [1.165, 1.54) is 17.5 Å². The van der Waals surface area contributed by atoms with E-state index in [1.54, 1.807) is 17.4 Å². The van der Waals surface area contributed by atoms with Gasteiger partial charge >= 0.3 is 0 Å². The Balaban J connectivity index is 0.000000258. The van der Waals surface area contributed by atoms with Crippen molar-refractivity contribution in [3.63, 3.8) is 0 Å². The first-order chi connectivity index (χ1) is 13.3. The fourth-order valence-corrected chi connectivity index (χ4v) is 4.08. The molecule has 2 heterocycles. The Morgan fingerprint density at radius 1 is 0.857 bits per heavy atom. The molecular formula is C24H28ClNOS. The molecule has 0 atom stereocenters. The van der Waals surface area contributed by atoms with E-state index in [-0.39, 0.29) is 12.4 Å². The Morgan fingerprint density at radius 3 is 1.86 bits per heavy atom. The van der Waals surface area contributed by atoms with Crippen molar-refractivity contribution in [2.75, 3.05) is 13.1 Å². The highest BCUT2D eigenvalue weighted by Crippen LogP contribution is 2.33. The highest BCUT2D eigenvalue weighted by molar-refractivity contribution is 7.24. The molecule has 0 radical (unpaired) electrons. The minimum absolute atomic E-state index is 0. The zero-order valence-corrected chi connectivity index (χ0v) is 17.8. The summed E-state index contributed by atoms with van der Waals surface area (Å²) in [4.78, 5) is 0. The van der Waals surface area contributed by atoms with Gasteiger partial charge in [-0.05, 0) is 55.3 Å². The number of nitrogens with one attached hydrogen (secondary N) is 1. The molecule has 4 aromatic rings. The van der Waals surface area contributed by atoms with Crippen molar-refractivity contribution in [3.8, 4) is 5.75 Å². The molecule has 148 valence electrons. The van der Waals surface area contributed by atoms with Crippen LogP contribution in [0.5, 0.6) is 5.75 Å². The monoisotopic (exact) mass is 413 g/mol. The predicted molar refractivity (Wildman–Crippen MR) is 124 cm³/mol. The van der Waals surface area contributed by atoms with Gasteiger partial charge in [0.25, 0.3) is 0 Å². The van der Waals surface area contributed by atoms with E-state index in [0.717, 1.165) is 28.9 Å². The number of hydrogen-bond acceptors (Lipinski definition) is 3. The van der Waals surface area contributed by atoms with Crippen LogP contribution in [0.25, 0.3) is 9.40 Å². The van der Waals surface area contributed by atoms with E-state index in [0.29, 0.717) is 11.7 Å². The number of phenolic OH excluding ortho intramolecular Hbond substituents is 1. The fourth-order valence-electron chi connectivity index (χ4n) is 3.22. The van der Waals surface area contributed by atoms with Gasteiger partial charge in [-0.1, -0.05) is 67.6 Å². The fraction of sp³-hybridized carbons (Fsp3) is 0.250. The van der Waals surface area contributed by atoms with E-state index in [9.17, 15) is 0 Å². The van der Waals surface area contributed by atoms with Crippen LogP contribution in [0.15, 0.2) is 78.9 Å². The molecule has 0 aliphatic rings. The summed E-state index contributed by atoms with van der Waals surface area (Å²) in [7, 11) is 0. The van der Waals surface area contributed by atoms with Crippen LogP contribution in [0.4, 0.5) is 0 Å². The molecular weight excluding hydrogens is 386 g/mol. The number of hydrogen-bond donors (Lipinski definition) is 2. The first-order valence-electron chi connectivity index (χ1n) is 9.59. The van der Waals surface area contributed by atoms with Crippen LogP contribution in [0, 0.1) is 0 Å². The van der Waals surface area contributed by atoms with Crippen LogP contribution in [0.2, 0.25) is 0 Å². The molecule has 0 spiro atoms. The lowest BCUT2D eigenvalue weighted by Crippen LogP contribution is -2.18. The van der Waals surface area contributed by atoms with Crippen LogP contribution < -0.4 is 5.32 Å². The van der Waals surface area contributed by atoms with Crippen LogP contribution >= 0.6 is 23.7 Å². The van der Waals surface area contributed by atoms with Gasteiger partial charge in [0.1, 0.15) is 5.75 Å². The van der Waals surface area contributed by atoms with Gasteiger partial charge in [0, 0.05) is 10.6 Å². The molecule has 0 saturated carbocycles. The zero-order valence-electron chi connectivity index (χ0n) is 16.2. The number of phenols is 1. The summed E-state index contributed by atoms with van der Waals surface area (Å²) in [6, 6.07) is 27.3. The quantitative estimate of drug-likeness (QED) is 0.331. The van der Waals surface area contributed by atoms with Gasteiger partial charge < -0.3 is 10.4 Å². The average molecular weight is 414 g/mol. The maximum atomic E-state index is 8.95. The van der Waals surface area contributed by atoms with Gasteiger partial charge in [0.05, 0.1) is 4.70 Å². The normalized spacial score (nSPS) is 10.5. The smallest absolute Gasteiger partial charge is 0.134 e. The Kier molecular flexibility index (Phi) is 9.29. The third-order valence-electron chi connectivity index (χ3n) is 4.60. The molecule has 2 aromatic carbocycles. The predicted octanol–water partition coefficient (Wildman–Crippen LogP) is 6.67. The number of rotatable bonds is 7. The SMILES string of the molecule is CCCNCCC(c1ccccc1)c1ccccc1.Cl.Oc1cc2ccc1s2. The summed E-state index contributed by atoms with van der Waals surface area (Å²) < 4.78 is 2.14. The van der Waals surface area contributed by atoms with Gasteiger partial charge in [-0.15, -0.1) is 23.7 Å². The number of fused-ring (bicyclic) bond motifs is 2.